The van der Waals surface area contributed by atoms with E-state index in [2.05, 4.69) is 10.2 Å². The number of hydroxylamine groups is 1. The van der Waals surface area contributed by atoms with Crippen molar-refractivity contribution in [2.24, 2.45) is 5.92 Å². The molecule has 8 nitrogen and oxygen atoms in total. The van der Waals surface area contributed by atoms with Gasteiger partial charge >= 0.3 is 0 Å². The number of nitrogens with zero attached hydrogens (tertiary/aromatic N) is 2. The summed E-state index contributed by atoms with van der Waals surface area (Å²) < 4.78 is 0. The Kier molecular flexibility index (Phi) is 5.52. The number of carbonyl (C=O) groups excluding carboxylic acids is 2. The summed E-state index contributed by atoms with van der Waals surface area (Å²) in [7, 11) is 0. The van der Waals surface area contributed by atoms with Gasteiger partial charge in [-0.05, 0) is 18.6 Å². The van der Waals surface area contributed by atoms with E-state index >= 15 is 0 Å². The largest absolute Gasteiger partial charge is 0.392 e. The summed E-state index contributed by atoms with van der Waals surface area (Å²) >= 11 is 0. The van der Waals surface area contributed by atoms with Crippen molar-refractivity contribution in [3.05, 3.63) is 30.3 Å². The molecule has 2 amide bonds. The maximum atomic E-state index is 12.8. The first-order chi connectivity index (χ1) is 12.1. The topological polar surface area (TPSA) is 105 Å². The van der Waals surface area contributed by atoms with E-state index in [0.717, 1.165) is 18.8 Å². The summed E-state index contributed by atoms with van der Waals surface area (Å²) in [6, 6.07) is 9.31. The predicted octanol–water partition coefficient (Wildman–Crippen LogP) is -0.820. The smallest absolute Gasteiger partial charge is 0.248 e. The van der Waals surface area contributed by atoms with Gasteiger partial charge in [0.2, 0.25) is 11.8 Å². The molecule has 0 radical (unpaired) electrons. The van der Waals surface area contributed by atoms with Gasteiger partial charge in [-0.25, -0.2) is 5.48 Å². The van der Waals surface area contributed by atoms with Gasteiger partial charge in [-0.2, -0.15) is 0 Å². The monoisotopic (exact) mass is 348 g/mol. The second kappa shape index (κ2) is 7.81. The van der Waals surface area contributed by atoms with E-state index in [-0.39, 0.29) is 18.9 Å². The lowest BCUT2D eigenvalue weighted by Gasteiger charge is -2.40. The summed E-state index contributed by atoms with van der Waals surface area (Å²) in [6.07, 6.45) is -0.555. The minimum atomic E-state index is -0.784. The van der Waals surface area contributed by atoms with Gasteiger partial charge in [0.05, 0.1) is 18.1 Å². The van der Waals surface area contributed by atoms with Crippen molar-refractivity contribution < 1.29 is 19.9 Å². The highest BCUT2D eigenvalue weighted by molar-refractivity contribution is 5.90. The molecule has 1 aromatic rings. The Morgan fingerprint density at radius 3 is 2.44 bits per heavy atom. The number of anilines is 1. The Bertz CT molecular complexity index is 604. The molecule has 0 saturated carbocycles. The number of amides is 2. The zero-order valence-corrected chi connectivity index (χ0v) is 14.0. The molecule has 0 aromatic heterocycles. The first-order valence-electron chi connectivity index (χ1n) is 8.54. The zero-order chi connectivity index (χ0) is 17.8. The molecule has 2 fully saturated rings. The quantitative estimate of drug-likeness (QED) is 0.420. The van der Waals surface area contributed by atoms with E-state index < -0.39 is 24.0 Å². The summed E-state index contributed by atoms with van der Waals surface area (Å²) in [5.41, 5.74) is 2.73. The fraction of sp³-hybridized carbons (Fsp3) is 0.529. The van der Waals surface area contributed by atoms with Crippen LogP contribution in [0.3, 0.4) is 0 Å². The van der Waals surface area contributed by atoms with Gasteiger partial charge in [0, 0.05) is 38.4 Å². The lowest BCUT2D eigenvalue weighted by molar-refractivity contribution is -0.145. The number of hydrogen-bond acceptors (Lipinski definition) is 6. The van der Waals surface area contributed by atoms with Crippen LogP contribution < -0.4 is 15.7 Å². The molecule has 0 aliphatic carbocycles. The molecule has 8 heteroatoms. The number of hydrogen-bond donors (Lipinski definition) is 4. The molecule has 3 atom stereocenters. The molecule has 2 saturated heterocycles. The number of β-amino-alcohol motifs (C(OH)–C–C–N with tert-alkyl or cyclic N) is 1. The third kappa shape index (κ3) is 3.92. The van der Waals surface area contributed by atoms with Crippen molar-refractivity contribution in [3.8, 4) is 0 Å². The van der Waals surface area contributed by atoms with E-state index in [1.165, 1.54) is 0 Å². The second-order valence-electron chi connectivity index (χ2n) is 6.51. The van der Waals surface area contributed by atoms with Crippen LogP contribution in [0.1, 0.15) is 6.42 Å². The van der Waals surface area contributed by atoms with Crippen molar-refractivity contribution in [2.45, 2.75) is 18.6 Å². The second-order valence-corrected chi connectivity index (χ2v) is 6.51. The summed E-state index contributed by atoms with van der Waals surface area (Å²) in [6.45, 7) is 2.85. The van der Waals surface area contributed by atoms with Crippen molar-refractivity contribution in [2.75, 3.05) is 37.6 Å². The summed E-state index contributed by atoms with van der Waals surface area (Å²) in [4.78, 5) is 28.7. The fourth-order valence-corrected chi connectivity index (χ4v) is 3.54. The van der Waals surface area contributed by atoms with Gasteiger partial charge in [0.25, 0.3) is 0 Å². The van der Waals surface area contributed by atoms with Gasteiger partial charge in [0.15, 0.2) is 0 Å². The van der Waals surface area contributed by atoms with Crippen LogP contribution in [0.2, 0.25) is 0 Å². The number of rotatable bonds is 3. The zero-order valence-electron chi connectivity index (χ0n) is 14.0. The molecule has 4 N–H and O–H groups in total. The molecule has 0 bridgehead atoms. The normalized spacial score (nSPS) is 27.0. The number of aliphatic hydroxyl groups excluding tert-OH is 1. The van der Waals surface area contributed by atoms with E-state index in [1.54, 1.807) is 10.4 Å². The number of piperidine rings is 1. The maximum Gasteiger partial charge on any atom is 0.248 e. The van der Waals surface area contributed by atoms with Crippen molar-refractivity contribution in [1.82, 2.24) is 15.7 Å². The first kappa shape index (κ1) is 17.7. The highest BCUT2D eigenvalue weighted by atomic mass is 16.5. The number of carbonyl (C=O) groups is 2. The molecular weight excluding hydrogens is 324 g/mol. The van der Waals surface area contributed by atoms with Gasteiger partial charge in [-0.15, -0.1) is 0 Å². The van der Waals surface area contributed by atoms with Crippen LogP contribution in [0.5, 0.6) is 0 Å². The highest BCUT2D eigenvalue weighted by Gasteiger charge is 2.41. The standard InChI is InChI=1S/C17H24N4O4/c22-13-10-14(16(23)19-25)15(18-11-13)17(24)21-8-6-20(7-9-21)12-4-2-1-3-5-12/h1-5,13-15,18,22,25H,6-11H2,(H,19,23). The maximum absolute atomic E-state index is 12.8. The number of piperazine rings is 1. The van der Waals surface area contributed by atoms with Gasteiger partial charge in [-0.3, -0.25) is 14.8 Å². The minimum absolute atomic E-state index is 0.153. The molecule has 0 spiro atoms. The van der Waals surface area contributed by atoms with Crippen molar-refractivity contribution in [1.29, 1.82) is 0 Å². The lowest BCUT2D eigenvalue weighted by atomic mass is 9.87. The fourth-order valence-electron chi connectivity index (χ4n) is 3.54. The average Bonchev–Trinajstić information content (AvgIpc) is 2.67. The van der Waals surface area contributed by atoms with E-state index in [0.29, 0.717) is 13.1 Å². The third-order valence-corrected chi connectivity index (χ3v) is 4.93. The highest BCUT2D eigenvalue weighted by Crippen LogP contribution is 2.21. The lowest BCUT2D eigenvalue weighted by Crippen LogP contribution is -2.61. The van der Waals surface area contributed by atoms with Crippen LogP contribution in [-0.2, 0) is 9.59 Å². The first-order valence-corrected chi connectivity index (χ1v) is 8.54. The van der Waals surface area contributed by atoms with Crippen LogP contribution in [0, 0.1) is 5.92 Å². The Balaban J connectivity index is 1.62. The van der Waals surface area contributed by atoms with Gasteiger partial charge < -0.3 is 20.2 Å². The Labute approximate surface area is 146 Å². The molecular formula is C17H24N4O4. The molecule has 3 unspecified atom stereocenters. The molecule has 2 aliphatic heterocycles. The van der Waals surface area contributed by atoms with E-state index in [9.17, 15) is 14.7 Å². The molecule has 2 aliphatic rings. The number of benzene rings is 1. The molecule has 25 heavy (non-hydrogen) atoms. The Morgan fingerprint density at radius 1 is 1.12 bits per heavy atom. The van der Waals surface area contributed by atoms with E-state index in [1.807, 2.05) is 30.3 Å². The average molecular weight is 348 g/mol. The van der Waals surface area contributed by atoms with Crippen LogP contribution in [0.25, 0.3) is 0 Å². The van der Waals surface area contributed by atoms with Crippen LogP contribution in [0.15, 0.2) is 30.3 Å². The van der Waals surface area contributed by atoms with Crippen molar-refractivity contribution in [3.63, 3.8) is 0 Å². The number of para-hydroxylation sites is 1. The summed E-state index contributed by atoms with van der Waals surface area (Å²) in [5, 5.41) is 21.6. The Morgan fingerprint density at radius 2 is 1.80 bits per heavy atom. The van der Waals surface area contributed by atoms with Gasteiger partial charge in [0.1, 0.15) is 0 Å². The SMILES string of the molecule is O=C(NO)C1CC(O)CNC1C(=O)N1CCN(c2ccccc2)CC1. The van der Waals surface area contributed by atoms with Crippen LogP contribution in [0.4, 0.5) is 5.69 Å². The third-order valence-electron chi connectivity index (χ3n) is 4.93. The van der Waals surface area contributed by atoms with Gasteiger partial charge in [-0.1, -0.05) is 18.2 Å². The van der Waals surface area contributed by atoms with Crippen LogP contribution >= 0.6 is 0 Å². The Hall–Kier alpha value is -2.16. The molecule has 136 valence electrons. The van der Waals surface area contributed by atoms with E-state index in [4.69, 9.17) is 5.21 Å². The molecule has 1 aromatic carbocycles. The summed E-state index contributed by atoms with van der Waals surface area (Å²) in [5.74, 6) is -1.59. The molecule has 2 heterocycles. The predicted molar refractivity (Wildman–Crippen MR) is 91.1 cm³/mol. The number of nitrogens with one attached hydrogen (secondary N) is 2. The van der Waals surface area contributed by atoms with Crippen LogP contribution in [-0.4, -0.2) is 71.9 Å². The van der Waals surface area contributed by atoms with Crippen molar-refractivity contribution >= 4 is 17.5 Å². The minimum Gasteiger partial charge on any atom is -0.392 e. The number of aliphatic hydroxyl groups is 1. The molecule has 3 rings (SSSR count).